The Balaban J connectivity index is 1.42. The van der Waals surface area contributed by atoms with Gasteiger partial charge < -0.3 is 24.6 Å². The summed E-state index contributed by atoms with van der Waals surface area (Å²) in [5.41, 5.74) is 4.52. The highest BCUT2D eigenvalue weighted by Crippen LogP contribution is 2.47. The van der Waals surface area contributed by atoms with Gasteiger partial charge in [-0.15, -0.1) is 0 Å². The molecule has 3 aromatic rings. The maximum Gasteiger partial charge on any atom is 0.222 e. The second kappa shape index (κ2) is 9.37. The maximum absolute atomic E-state index is 12.0. The molecule has 2 atom stereocenters. The van der Waals surface area contributed by atoms with Crippen LogP contribution in [0.5, 0.6) is 23.0 Å². The summed E-state index contributed by atoms with van der Waals surface area (Å²) in [6.45, 7) is 5.25. The smallest absolute Gasteiger partial charge is 0.222 e. The minimum atomic E-state index is -0.399. The number of aromatic hydroxyl groups is 2. The molecule has 35 heavy (non-hydrogen) atoms. The third-order valence-electron chi connectivity index (χ3n) is 6.75. The third kappa shape index (κ3) is 4.56. The van der Waals surface area contributed by atoms with E-state index in [2.05, 4.69) is 0 Å². The molecule has 0 radical (unpaired) electrons. The first kappa shape index (κ1) is 22.8. The molecule has 0 aliphatic carbocycles. The van der Waals surface area contributed by atoms with Crippen LogP contribution in [0.15, 0.2) is 66.7 Å². The number of hydrogen-bond donors (Lipinski definition) is 2. The van der Waals surface area contributed by atoms with Gasteiger partial charge in [-0.2, -0.15) is 0 Å². The summed E-state index contributed by atoms with van der Waals surface area (Å²) in [7, 11) is 0. The van der Waals surface area contributed by atoms with Gasteiger partial charge in [0.15, 0.2) is 0 Å². The molecule has 6 nitrogen and oxygen atoms in total. The second-order valence-electron chi connectivity index (χ2n) is 9.19. The van der Waals surface area contributed by atoms with E-state index in [4.69, 9.17) is 9.47 Å². The van der Waals surface area contributed by atoms with E-state index in [0.29, 0.717) is 18.8 Å². The molecule has 2 aliphatic rings. The van der Waals surface area contributed by atoms with Crippen LogP contribution < -0.4 is 9.47 Å². The van der Waals surface area contributed by atoms with Crippen LogP contribution in [0, 0.1) is 0 Å². The number of likely N-dealkylation sites (tertiary alicyclic amines) is 1. The average molecular weight is 472 g/mol. The van der Waals surface area contributed by atoms with E-state index in [-0.39, 0.29) is 23.4 Å². The fraction of sp³-hybridized carbons (Fsp3) is 0.276. The van der Waals surface area contributed by atoms with Crippen molar-refractivity contribution < 1.29 is 24.5 Å². The quantitative estimate of drug-likeness (QED) is 0.493. The van der Waals surface area contributed by atoms with Gasteiger partial charge in [-0.3, -0.25) is 4.79 Å². The van der Waals surface area contributed by atoms with Crippen molar-refractivity contribution in [2.45, 2.75) is 38.8 Å². The molecular weight excluding hydrogens is 442 g/mol. The van der Waals surface area contributed by atoms with Gasteiger partial charge >= 0.3 is 0 Å². The molecule has 5 rings (SSSR count). The Hall–Kier alpha value is -3.93. The minimum absolute atomic E-state index is 0.0298. The van der Waals surface area contributed by atoms with Crippen LogP contribution in [-0.4, -0.2) is 40.2 Å². The van der Waals surface area contributed by atoms with Gasteiger partial charge in [0.1, 0.15) is 35.7 Å². The molecule has 3 aromatic carbocycles. The van der Waals surface area contributed by atoms with Crippen LogP contribution in [0.3, 0.4) is 0 Å². The molecule has 2 N–H and O–H groups in total. The van der Waals surface area contributed by atoms with E-state index < -0.39 is 6.10 Å². The first-order chi connectivity index (χ1) is 16.9. The van der Waals surface area contributed by atoms with Crippen LogP contribution in [0.1, 0.15) is 49.5 Å². The van der Waals surface area contributed by atoms with Crippen LogP contribution in [0.25, 0.3) is 11.1 Å². The first-order valence-corrected chi connectivity index (χ1v) is 11.9. The number of carbonyl (C=O) groups excluding carboxylic acids is 1. The Bertz CT molecular complexity index is 1280. The van der Waals surface area contributed by atoms with E-state index in [1.165, 1.54) is 0 Å². The number of carbonyl (C=O) groups is 1. The van der Waals surface area contributed by atoms with Gasteiger partial charge in [0.2, 0.25) is 5.91 Å². The summed E-state index contributed by atoms with van der Waals surface area (Å²) >= 11 is 0. The summed E-state index contributed by atoms with van der Waals surface area (Å²) in [6, 6.07) is 20.0. The molecule has 0 spiro atoms. The van der Waals surface area contributed by atoms with Gasteiger partial charge in [-0.1, -0.05) is 24.3 Å². The summed E-state index contributed by atoms with van der Waals surface area (Å²) in [5.74, 6) is 1.97. The molecular formula is C29H29NO5. The number of hydrogen-bond acceptors (Lipinski definition) is 5. The Morgan fingerprint density at radius 1 is 1.06 bits per heavy atom. The topological polar surface area (TPSA) is 79.2 Å². The molecule has 1 fully saturated rings. The number of amides is 1. The average Bonchev–Trinajstić information content (AvgIpc) is 3.29. The molecule has 1 saturated heterocycles. The van der Waals surface area contributed by atoms with Crippen molar-refractivity contribution in [2.24, 2.45) is 0 Å². The van der Waals surface area contributed by atoms with Crippen molar-refractivity contribution in [3.8, 4) is 23.0 Å². The molecule has 0 aromatic heterocycles. The molecule has 180 valence electrons. The lowest BCUT2D eigenvalue weighted by Crippen LogP contribution is -2.38. The van der Waals surface area contributed by atoms with E-state index in [0.717, 1.165) is 46.6 Å². The lowest BCUT2D eigenvalue weighted by atomic mass is 9.86. The van der Waals surface area contributed by atoms with Crippen molar-refractivity contribution in [2.75, 3.05) is 13.2 Å². The predicted molar refractivity (Wildman–Crippen MR) is 134 cm³/mol. The summed E-state index contributed by atoms with van der Waals surface area (Å²) in [6.07, 6.45) is 1.14. The lowest BCUT2D eigenvalue weighted by molar-refractivity contribution is -0.129. The summed E-state index contributed by atoms with van der Waals surface area (Å²) in [5, 5.41) is 20.2. The second-order valence-corrected chi connectivity index (χ2v) is 9.19. The fourth-order valence-corrected chi connectivity index (χ4v) is 4.90. The molecule has 6 heteroatoms. The van der Waals surface area contributed by atoms with Crippen molar-refractivity contribution >= 4 is 17.1 Å². The largest absolute Gasteiger partial charge is 0.508 e. The first-order valence-electron chi connectivity index (χ1n) is 11.9. The van der Waals surface area contributed by atoms with Crippen molar-refractivity contribution in [3.63, 3.8) is 0 Å². The fourth-order valence-electron chi connectivity index (χ4n) is 4.90. The highest BCUT2D eigenvalue weighted by atomic mass is 16.5. The lowest BCUT2D eigenvalue weighted by Gasteiger charge is -2.31. The van der Waals surface area contributed by atoms with Gasteiger partial charge in [0.25, 0.3) is 0 Å². The standard InChI is InChI=1S/C29H29NO5/c1-18(30-14-4-7-27(30)33)17-34-24-11-8-20(9-12-24)29-28(21-5-3-6-22(31)15-21)19(2)25-16-23(32)10-13-26(25)35-29/h3,5-6,8-13,15-16,18,29,31-32H,4,7,14,17H2,1-2H3/t18-,29?/m0/s1. The highest BCUT2D eigenvalue weighted by molar-refractivity contribution is 5.95. The summed E-state index contributed by atoms with van der Waals surface area (Å²) in [4.78, 5) is 13.9. The number of allylic oxidation sites excluding steroid dienone is 1. The van der Waals surface area contributed by atoms with Gasteiger partial charge in [-0.05, 0) is 79.4 Å². The maximum atomic E-state index is 12.0. The van der Waals surface area contributed by atoms with Crippen molar-refractivity contribution in [1.29, 1.82) is 0 Å². The van der Waals surface area contributed by atoms with Gasteiger partial charge in [0, 0.05) is 24.1 Å². The molecule has 1 unspecified atom stereocenters. The van der Waals surface area contributed by atoms with E-state index in [1.54, 1.807) is 30.3 Å². The SMILES string of the molecule is CC1=C(c2cccc(O)c2)C(c2ccc(OC[C@H](C)N3CCCC3=O)cc2)Oc2ccc(O)cc21. The van der Waals surface area contributed by atoms with E-state index in [1.807, 2.05) is 55.1 Å². The van der Waals surface area contributed by atoms with Crippen LogP contribution >= 0.6 is 0 Å². The Kier molecular flexibility index (Phi) is 6.12. The monoisotopic (exact) mass is 471 g/mol. The van der Waals surface area contributed by atoms with Crippen molar-refractivity contribution in [1.82, 2.24) is 4.90 Å². The molecule has 1 amide bonds. The van der Waals surface area contributed by atoms with Gasteiger partial charge in [-0.25, -0.2) is 0 Å². The number of phenolic OH excluding ortho intramolecular Hbond substituents is 2. The van der Waals surface area contributed by atoms with Crippen LogP contribution in [0.2, 0.25) is 0 Å². The number of ether oxygens (including phenoxy) is 2. The number of phenols is 2. The number of nitrogens with zero attached hydrogens (tertiary/aromatic N) is 1. The number of fused-ring (bicyclic) bond motifs is 1. The number of rotatable bonds is 6. The zero-order valence-electron chi connectivity index (χ0n) is 19.9. The predicted octanol–water partition coefficient (Wildman–Crippen LogP) is 5.55. The molecule has 2 aliphatic heterocycles. The van der Waals surface area contributed by atoms with E-state index in [9.17, 15) is 15.0 Å². The third-order valence-corrected chi connectivity index (χ3v) is 6.75. The molecule has 0 saturated carbocycles. The Morgan fingerprint density at radius 3 is 2.54 bits per heavy atom. The Morgan fingerprint density at radius 2 is 1.83 bits per heavy atom. The zero-order chi connectivity index (χ0) is 24.5. The Labute approximate surface area is 205 Å². The van der Waals surface area contributed by atoms with Crippen LogP contribution in [0.4, 0.5) is 0 Å². The van der Waals surface area contributed by atoms with E-state index >= 15 is 0 Å². The highest BCUT2D eigenvalue weighted by Gasteiger charge is 2.30. The zero-order valence-corrected chi connectivity index (χ0v) is 19.9. The normalized spacial score (nSPS) is 18.3. The summed E-state index contributed by atoms with van der Waals surface area (Å²) < 4.78 is 12.4. The van der Waals surface area contributed by atoms with Gasteiger partial charge in [0.05, 0.1) is 6.04 Å². The minimum Gasteiger partial charge on any atom is -0.508 e. The molecule has 0 bridgehead atoms. The number of benzene rings is 3. The van der Waals surface area contributed by atoms with Crippen molar-refractivity contribution in [3.05, 3.63) is 83.4 Å². The van der Waals surface area contributed by atoms with Crippen LogP contribution in [-0.2, 0) is 4.79 Å². The molecule has 2 heterocycles.